The molecule has 2 aromatic rings. The van der Waals surface area contributed by atoms with Gasteiger partial charge in [-0.3, -0.25) is 4.79 Å². The van der Waals surface area contributed by atoms with Crippen LogP contribution in [0.25, 0.3) is 0 Å². The summed E-state index contributed by atoms with van der Waals surface area (Å²) in [6.45, 7) is 6.16. The van der Waals surface area contributed by atoms with Gasteiger partial charge >= 0.3 is 0 Å². The van der Waals surface area contributed by atoms with E-state index in [9.17, 15) is 4.79 Å². The zero-order chi connectivity index (χ0) is 18.5. The van der Waals surface area contributed by atoms with Crippen LogP contribution in [0.3, 0.4) is 0 Å². The van der Waals surface area contributed by atoms with Crippen molar-refractivity contribution in [2.45, 2.75) is 26.2 Å². The van der Waals surface area contributed by atoms with E-state index in [4.69, 9.17) is 11.6 Å². The van der Waals surface area contributed by atoms with Gasteiger partial charge in [-0.1, -0.05) is 23.7 Å². The number of rotatable bonds is 6. The molecule has 0 N–H and O–H groups in total. The lowest BCUT2D eigenvalue weighted by atomic mass is 9.97. The van der Waals surface area contributed by atoms with Gasteiger partial charge in [0.25, 0.3) is 5.91 Å². The first-order valence-electron chi connectivity index (χ1n) is 9.29. The van der Waals surface area contributed by atoms with E-state index < -0.39 is 0 Å². The van der Waals surface area contributed by atoms with E-state index in [0.717, 1.165) is 48.1 Å². The maximum atomic E-state index is 12.6. The van der Waals surface area contributed by atoms with Crippen molar-refractivity contribution >= 4 is 28.8 Å². The highest BCUT2D eigenvalue weighted by Gasteiger charge is 2.24. The zero-order valence-electron chi connectivity index (χ0n) is 15.6. The van der Waals surface area contributed by atoms with Gasteiger partial charge in [-0.25, -0.2) is 0 Å². The van der Waals surface area contributed by atoms with Gasteiger partial charge in [0.2, 0.25) is 0 Å². The first-order chi connectivity index (χ1) is 12.5. The minimum absolute atomic E-state index is 0.163. The molecular formula is C21H27ClN2OS. The molecule has 1 atom stereocenters. The quantitative estimate of drug-likeness (QED) is 0.711. The molecule has 1 aromatic heterocycles. The third-order valence-electron chi connectivity index (χ3n) is 5.17. The van der Waals surface area contributed by atoms with E-state index in [-0.39, 0.29) is 5.91 Å². The monoisotopic (exact) mass is 390 g/mol. The Labute approximate surface area is 165 Å². The van der Waals surface area contributed by atoms with Crippen LogP contribution in [0.15, 0.2) is 35.7 Å². The van der Waals surface area contributed by atoms with Crippen molar-refractivity contribution in [1.29, 1.82) is 0 Å². The number of nitrogens with zero attached hydrogens (tertiary/aromatic N) is 2. The van der Waals surface area contributed by atoms with Crippen LogP contribution < -0.4 is 0 Å². The number of benzene rings is 1. The van der Waals surface area contributed by atoms with Gasteiger partial charge in [0.15, 0.2) is 0 Å². The average Bonchev–Trinajstić information content (AvgIpc) is 3.07. The molecule has 1 aliphatic heterocycles. The van der Waals surface area contributed by atoms with Gasteiger partial charge in [0, 0.05) is 31.7 Å². The SMILES string of the molecule is Cc1ccsc1C(=O)N(C)C[C@H]1CCCN(CCc2ccc(Cl)cc2)C1. The van der Waals surface area contributed by atoms with Crippen molar-refractivity contribution in [2.75, 3.05) is 33.2 Å². The van der Waals surface area contributed by atoms with Crippen LogP contribution in [0.5, 0.6) is 0 Å². The number of likely N-dealkylation sites (tertiary alicyclic amines) is 1. The number of hydrogen-bond acceptors (Lipinski definition) is 3. The normalized spacial score (nSPS) is 18.0. The van der Waals surface area contributed by atoms with E-state index in [1.165, 1.54) is 18.4 Å². The molecule has 2 heterocycles. The van der Waals surface area contributed by atoms with Crippen molar-refractivity contribution in [2.24, 2.45) is 5.92 Å². The number of hydrogen-bond donors (Lipinski definition) is 0. The number of carbonyl (C=O) groups is 1. The molecule has 1 saturated heterocycles. The van der Waals surface area contributed by atoms with Crippen molar-refractivity contribution < 1.29 is 4.79 Å². The summed E-state index contributed by atoms with van der Waals surface area (Å²) < 4.78 is 0. The van der Waals surface area contributed by atoms with Crippen LogP contribution >= 0.6 is 22.9 Å². The molecule has 1 fully saturated rings. The van der Waals surface area contributed by atoms with E-state index >= 15 is 0 Å². The Kier molecular flexibility index (Phi) is 6.74. The molecule has 3 nitrogen and oxygen atoms in total. The second kappa shape index (κ2) is 9.03. The first kappa shape index (κ1) is 19.4. The number of halogens is 1. The molecule has 3 rings (SSSR count). The Balaban J connectivity index is 1.49. The highest BCUT2D eigenvalue weighted by atomic mass is 35.5. The molecular weight excluding hydrogens is 364 g/mol. The Hall–Kier alpha value is -1.36. The largest absolute Gasteiger partial charge is 0.341 e. The van der Waals surface area contributed by atoms with Crippen LogP contribution in [-0.4, -0.2) is 48.9 Å². The molecule has 0 spiro atoms. The van der Waals surface area contributed by atoms with Gasteiger partial charge in [-0.15, -0.1) is 11.3 Å². The van der Waals surface area contributed by atoms with Crippen LogP contribution in [0, 0.1) is 12.8 Å². The molecule has 1 amide bonds. The number of piperidine rings is 1. The summed E-state index contributed by atoms with van der Waals surface area (Å²) in [6.07, 6.45) is 3.47. The molecule has 0 unspecified atom stereocenters. The number of carbonyl (C=O) groups excluding carboxylic acids is 1. The Morgan fingerprint density at radius 2 is 2.08 bits per heavy atom. The van der Waals surface area contributed by atoms with Crippen molar-refractivity contribution in [3.05, 3.63) is 56.7 Å². The lowest BCUT2D eigenvalue weighted by molar-refractivity contribution is 0.0734. The average molecular weight is 391 g/mol. The smallest absolute Gasteiger partial charge is 0.263 e. The maximum Gasteiger partial charge on any atom is 0.263 e. The number of aryl methyl sites for hydroxylation is 1. The highest BCUT2D eigenvalue weighted by Crippen LogP contribution is 2.21. The Bertz CT molecular complexity index is 728. The number of amides is 1. The molecule has 0 bridgehead atoms. The van der Waals surface area contributed by atoms with Gasteiger partial charge in [0.1, 0.15) is 0 Å². The third-order valence-corrected chi connectivity index (χ3v) is 6.42. The predicted molar refractivity (Wildman–Crippen MR) is 110 cm³/mol. The summed E-state index contributed by atoms with van der Waals surface area (Å²) >= 11 is 7.50. The molecule has 140 valence electrons. The highest BCUT2D eigenvalue weighted by molar-refractivity contribution is 7.12. The van der Waals surface area contributed by atoms with E-state index in [0.29, 0.717) is 5.92 Å². The van der Waals surface area contributed by atoms with Crippen molar-refractivity contribution in [1.82, 2.24) is 9.80 Å². The summed E-state index contributed by atoms with van der Waals surface area (Å²) in [5.74, 6) is 0.721. The third kappa shape index (κ3) is 5.09. The second-order valence-corrected chi connectivity index (χ2v) is 8.66. The maximum absolute atomic E-state index is 12.6. The standard InChI is InChI=1S/C21H27ClN2OS/c1-16-10-13-26-20(16)21(25)23(2)14-18-4-3-11-24(15-18)12-9-17-5-7-19(22)8-6-17/h5-8,10,13,18H,3-4,9,11-12,14-15H2,1-2H3/t18-/m1/s1. The Morgan fingerprint density at radius 1 is 1.31 bits per heavy atom. The summed E-state index contributed by atoms with van der Waals surface area (Å²) in [5.41, 5.74) is 2.41. The zero-order valence-corrected chi connectivity index (χ0v) is 17.2. The minimum Gasteiger partial charge on any atom is -0.341 e. The molecule has 26 heavy (non-hydrogen) atoms. The predicted octanol–water partition coefficient (Wildman–Crippen LogP) is 4.74. The number of thiophene rings is 1. The van der Waals surface area contributed by atoms with Crippen LogP contribution in [0.2, 0.25) is 5.02 Å². The lowest BCUT2D eigenvalue weighted by Crippen LogP contribution is -2.42. The van der Waals surface area contributed by atoms with Gasteiger partial charge < -0.3 is 9.80 Å². The lowest BCUT2D eigenvalue weighted by Gasteiger charge is -2.34. The second-order valence-electron chi connectivity index (χ2n) is 7.30. The van der Waals surface area contributed by atoms with Crippen molar-refractivity contribution in [3.8, 4) is 0 Å². The fourth-order valence-corrected chi connectivity index (χ4v) is 4.72. The molecule has 0 saturated carbocycles. The summed E-state index contributed by atoms with van der Waals surface area (Å²) in [6, 6.07) is 10.2. The topological polar surface area (TPSA) is 23.6 Å². The summed E-state index contributed by atoms with van der Waals surface area (Å²) in [4.78, 5) is 18.0. The van der Waals surface area contributed by atoms with Gasteiger partial charge in [0.05, 0.1) is 4.88 Å². The first-order valence-corrected chi connectivity index (χ1v) is 10.5. The van der Waals surface area contributed by atoms with Gasteiger partial charge in [-0.05, 0) is 73.4 Å². The van der Waals surface area contributed by atoms with Gasteiger partial charge in [-0.2, -0.15) is 0 Å². The van der Waals surface area contributed by atoms with E-state index in [2.05, 4.69) is 17.0 Å². The fraction of sp³-hybridized carbons (Fsp3) is 0.476. The van der Waals surface area contributed by atoms with E-state index in [1.54, 1.807) is 11.3 Å². The van der Waals surface area contributed by atoms with Crippen LogP contribution in [0.4, 0.5) is 0 Å². The molecule has 1 aromatic carbocycles. The minimum atomic E-state index is 0.163. The fourth-order valence-electron chi connectivity index (χ4n) is 3.68. The van der Waals surface area contributed by atoms with Crippen molar-refractivity contribution in [3.63, 3.8) is 0 Å². The summed E-state index contributed by atoms with van der Waals surface area (Å²) in [7, 11) is 1.94. The van der Waals surface area contributed by atoms with E-state index in [1.807, 2.05) is 42.5 Å². The van der Waals surface area contributed by atoms with Crippen LogP contribution in [-0.2, 0) is 6.42 Å². The molecule has 5 heteroatoms. The molecule has 0 radical (unpaired) electrons. The Morgan fingerprint density at radius 3 is 2.77 bits per heavy atom. The molecule has 0 aliphatic carbocycles. The van der Waals surface area contributed by atoms with Crippen LogP contribution in [0.1, 0.15) is 33.6 Å². The molecule has 1 aliphatic rings. The summed E-state index contributed by atoms with van der Waals surface area (Å²) in [5, 5.41) is 2.79.